The highest BCUT2D eigenvalue weighted by molar-refractivity contribution is 5.90. The molecule has 4 heteroatoms. The molecule has 0 saturated heterocycles. The van der Waals surface area contributed by atoms with Gasteiger partial charge < -0.3 is 16.2 Å². The first-order valence-corrected chi connectivity index (χ1v) is 6.92. The third kappa shape index (κ3) is 2.83. The van der Waals surface area contributed by atoms with Crippen molar-refractivity contribution in [3.8, 4) is 0 Å². The van der Waals surface area contributed by atoms with Gasteiger partial charge in [0.1, 0.15) is 0 Å². The SMILES string of the molecule is CCC1CCC(Nc2ccc(C(=O)O)cc2N)C1C. The Morgan fingerprint density at radius 3 is 2.74 bits per heavy atom. The molecule has 0 spiro atoms. The molecule has 19 heavy (non-hydrogen) atoms. The van der Waals surface area contributed by atoms with Crippen LogP contribution in [0.25, 0.3) is 0 Å². The average molecular weight is 262 g/mol. The number of carboxylic acid groups (broad SMARTS) is 1. The summed E-state index contributed by atoms with van der Waals surface area (Å²) in [6.07, 6.45) is 3.62. The monoisotopic (exact) mass is 262 g/mol. The van der Waals surface area contributed by atoms with E-state index in [1.54, 1.807) is 12.1 Å². The van der Waals surface area contributed by atoms with E-state index >= 15 is 0 Å². The Bertz CT molecular complexity index is 473. The first-order chi connectivity index (χ1) is 9.02. The van der Waals surface area contributed by atoms with Crippen molar-refractivity contribution < 1.29 is 9.90 Å². The van der Waals surface area contributed by atoms with E-state index in [1.165, 1.54) is 18.9 Å². The van der Waals surface area contributed by atoms with Gasteiger partial charge in [0.05, 0.1) is 16.9 Å². The molecule has 4 nitrogen and oxygen atoms in total. The summed E-state index contributed by atoms with van der Waals surface area (Å²) in [4.78, 5) is 10.9. The molecule has 104 valence electrons. The number of nitrogens with one attached hydrogen (secondary N) is 1. The molecule has 0 aliphatic heterocycles. The summed E-state index contributed by atoms with van der Waals surface area (Å²) in [5.74, 6) is 0.457. The Morgan fingerprint density at radius 2 is 2.21 bits per heavy atom. The van der Waals surface area contributed by atoms with Crippen LogP contribution in [0.2, 0.25) is 0 Å². The fraction of sp³-hybridized carbons (Fsp3) is 0.533. The summed E-state index contributed by atoms with van der Waals surface area (Å²) in [5.41, 5.74) is 7.51. The van der Waals surface area contributed by atoms with E-state index in [9.17, 15) is 4.79 Å². The van der Waals surface area contributed by atoms with E-state index in [1.807, 2.05) is 0 Å². The van der Waals surface area contributed by atoms with E-state index in [4.69, 9.17) is 10.8 Å². The number of nitrogens with two attached hydrogens (primary N) is 1. The van der Waals surface area contributed by atoms with Gasteiger partial charge in [0.25, 0.3) is 0 Å². The van der Waals surface area contributed by atoms with E-state index < -0.39 is 5.97 Å². The van der Waals surface area contributed by atoms with Crippen LogP contribution < -0.4 is 11.1 Å². The number of carbonyl (C=O) groups is 1. The normalized spacial score (nSPS) is 26.3. The van der Waals surface area contributed by atoms with Crippen LogP contribution in [0.3, 0.4) is 0 Å². The van der Waals surface area contributed by atoms with Crippen LogP contribution in [-0.2, 0) is 0 Å². The summed E-state index contributed by atoms with van der Waals surface area (Å²) in [5, 5.41) is 12.4. The summed E-state index contributed by atoms with van der Waals surface area (Å²) in [6, 6.07) is 5.31. The number of hydrogen-bond donors (Lipinski definition) is 3. The lowest BCUT2D eigenvalue weighted by molar-refractivity contribution is 0.0697. The van der Waals surface area contributed by atoms with Crippen molar-refractivity contribution in [2.24, 2.45) is 11.8 Å². The average Bonchev–Trinajstić information content (AvgIpc) is 2.72. The molecule has 0 aromatic heterocycles. The van der Waals surface area contributed by atoms with Crippen molar-refractivity contribution in [2.75, 3.05) is 11.1 Å². The van der Waals surface area contributed by atoms with Gasteiger partial charge in [0.2, 0.25) is 0 Å². The third-order valence-electron chi connectivity index (χ3n) is 4.39. The molecule has 1 aromatic rings. The minimum atomic E-state index is -0.946. The molecule has 2 rings (SSSR count). The summed E-state index contributed by atoms with van der Waals surface area (Å²) in [6.45, 7) is 4.51. The lowest BCUT2D eigenvalue weighted by Crippen LogP contribution is -2.25. The summed E-state index contributed by atoms with van der Waals surface area (Å²) >= 11 is 0. The Labute approximate surface area is 114 Å². The van der Waals surface area contributed by atoms with Crippen LogP contribution in [0.1, 0.15) is 43.5 Å². The lowest BCUT2D eigenvalue weighted by Gasteiger charge is -2.23. The molecule has 0 heterocycles. The van der Waals surface area contributed by atoms with Crippen LogP contribution in [0.5, 0.6) is 0 Å². The molecule has 1 fully saturated rings. The van der Waals surface area contributed by atoms with Gasteiger partial charge in [-0.25, -0.2) is 4.79 Å². The second-order valence-electron chi connectivity index (χ2n) is 5.46. The van der Waals surface area contributed by atoms with E-state index in [-0.39, 0.29) is 5.56 Å². The fourth-order valence-corrected chi connectivity index (χ4v) is 3.05. The Hall–Kier alpha value is -1.71. The maximum absolute atomic E-state index is 10.9. The minimum Gasteiger partial charge on any atom is -0.478 e. The second kappa shape index (κ2) is 5.51. The highest BCUT2D eigenvalue weighted by atomic mass is 16.4. The van der Waals surface area contributed by atoms with Crippen LogP contribution >= 0.6 is 0 Å². The van der Waals surface area contributed by atoms with Gasteiger partial charge >= 0.3 is 5.97 Å². The van der Waals surface area contributed by atoms with E-state index in [0.717, 1.165) is 18.0 Å². The van der Waals surface area contributed by atoms with Crippen LogP contribution in [-0.4, -0.2) is 17.1 Å². The van der Waals surface area contributed by atoms with Gasteiger partial charge in [-0.1, -0.05) is 20.3 Å². The quantitative estimate of drug-likeness (QED) is 0.728. The molecule has 1 aliphatic rings. The van der Waals surface area contributed by atoms with Crippen LogP contribution in [0.15, 0.2) is 18.2 Å². The number of nitrogen functional groups attached to an aromatic ring is 1. The van der Waals surface area contributed by atoms with Gasteiger partial charge in [-0.3, -0.25) is 0 Å². The maximum Gasteiger partial charge on any atom is 0.335 e. The summed E-state index contributed by atoms with van der Waals surface area (Å²) < 4.78 is 0. The van der Waals surface area contributed by atoms with Gasteiger partial charge in [0.15, 0.2) is 0 Å². The van der Waals surface area contributed by atoms with Crippen molar-refractivity contribution in [1.29, 1.82) is 0 Å². The number of rotatable bonds is 4. The molecule has 0 bridgehead atoms. The highest BCUT2D eigenvalue weighted by Gasteiger charge is 2.31. The molecule has 1 aromatic carbocycles. The summed E-state index contributed by atoms with van der Waals surface area (Å²) in [7, 11) is 0. The van der Waals surface area contributed by atoms with Crippen molar-refractivity contribution in [2.45, 2.75) is 39.2 Å². The number of aromatic carboxylic acids is 1. The zero-order valence-electron chi connectivity index (χ0n) is 11.5. The molecular formula is C15H22N2O2. The standard InChI is InChI=1S/C15H22N2O2/c1-3-10-4-6-13(9(10)2)17-14-7-5-11(15(18)19)8-12(14)16/h5,7-10,13,17H,3-4,6,16H2,1-2H3,(H,18,19). The third-order valence-corrected chi connectivity index (χ3v) is 4.39. The van der Waals surface area contributed by atoms with Crippen molar-refractivity contribution in [1.82, 2.24) is 0 Å². The molecule has 3 unspecified atom stereocenters. The number of anilines is 2. The van der Waals surface area contributed by atoms with Crippen molar-refractivity contribution in [3.63, 3.8) is 0 Å². The lowest BCUT2D eigenvalue weighted by atomic mass is 9.93. The molecule has 0 amide bonds. The molecule has 1 saturated carbocycles. The zero-order valence-corrected chi connectivity index (χ0v) is 11.5. The smallest absolute Gasteiger partial charge is 0.335 e. The molecule has 3 atom stereocenters. The van der Waals surface area contributed by atoms with Gasteiger partial charge in [-0.2, -0.15) is 0 Å². The van der Waals surface area contributed by atoms with E-state index in [2.05, 4.69) is 19.2 Å². The Balaban J connectivity index is 2.10. The van der Waals surface area contributed by atoms with Crippen molar-refractivity contribution in [3.05, 3.63) is 23.8 Å². The first kappa shape index (κ1) is 13.7. The Morgan fingerprint density at radius 1 is 1.47 bits per heavy atom. The highest BCUT2D eigenvalue weighted by Crippen LogP contribution is 2.36. The predicted octanol–water partition coefficient (Wildman–Crippen LogP) is 3.20. The van der Waals surface area contributed by atoms with Crippen LogP contribution in [0, 0.1) is 11.8 Å². The maximum atomic E-state index is 10.9. The topological polar surface area (TPSA) is 75.3 Å². The predicted molar refractivity (Wildman–Crippen MR) is 77.4 cm³/mol. The van der Waals surface area contributed by atoms with E-state index in [0.29, 0.717) is 17.6 Å². The first-order valence-electron chi connectivity index (χ1n) is 6.92. The molecular weight excluding hydrogens is 240 g/mol. The largest absolute Gasteiger partial charge is 0.478 e. The second-order valence-corrected chi connectivity index (χ2v) is 5.46. The van der Waals surface area contributed by atoms with Crippen molar-refractivity contribution >= 4 is 17.3 Å². The number of carboxylic acids is 1. The van der Waals surface area contributed by atoms with Crippen LogP contribution in [0.4, 0.5) is 11.4 Å². The molecule has 0 radical (unpaired) electrons. The number of benzene rings is 1. The van der Waals surface area contributed by atoms with Gasteiger partial charge in [-0.15, -0.1) is 0 Å². The number of hydrogen-bond acceptors (Lipinski definition) is 3. The molecule has 4 N–H and O–H groups in total. The van der Waals surface area contributed by atoms with Gasteiger partial charge in [-0.05, 0) is 42.9 Å². The minimum absolute atomic E-state index is 0.231. The fourth-order valence-electron chi connectivity index (χ4n) is 3.05. The zero-order chi connectivity index (χ0) is 14.0. The Kier molecular flexibility index (Phi) is 3.98. The molecule has 1 aliphatic carbocycles. The van der Waals surface area contributed by atoms with Gasteiger partial charge in [0, 0.05) is 6.04 Å².